The van der Waals surface area contributed by atoms with E-state index < -0.39 is 8.56 Å². The van der Waals surface area contributed by atoms with Crippen molar-refractivity contribution >= 4 is 8.56 Å². The Balaban J connectivity index is 3.93. The molecule has 0 aliphatic rings. The second-order valence-electron chi connectivity index (χ2n) is 4.51. The van der Waals surface area contributed by atoms with Crippen LogP contribution in [-0.4, -0.2) is 21.8 Å². The molecule has 2 nitrogen and oxygen atoms in total. The molecule has 0 aromatic rings. The summed E-state index contributed by atoms with van der Waals surface area (Å²) in [4.78, 5) is 0. The quantitative estimate of drug-likeness (QED) is 0.557. The summed E-state index contributed by atoms with van der Waals surface area (Å²) in [5, 5.41) is 0. The lowest BCUT2D eigenvalue weighted by Gasteiger charge is -2.28. The van der Waals surface area contributed by atoms with Crippen LogP contribution < -0.4 is 0 Å². The van der Waals surface area contributed by atoms with E-state index in [4.69, 9.17) is 8.85 Å². The maximum absolute atomic E-state index is 6.11. The van der Waals surface area contributed by atoms with E-state index in [0.717, 1.165) is 12.5 Å². The van der Waals surface area contributed by atoms with E-state index in [1.165, 1.54) is 25.7 Å². The second kappa shape index (κ2) is 8.31. The molecular formula is C12H28O2Si. The van der Waals surface area contributed by atoms with Crippen LogP contribution in [-0.2, 0) is 8.85 Å². The summed E-state index contributed by atoms with van der Waals surface area (Å²) in [6.45, 7) is 8.79. The Bertz CT molecular complexity index is 153. The number of unbranched alkanes of at least 4 members (excludes halogenated alkanes) is 2. The highest BCUT2D eigenvalue weighted by atomic mass is 28.4. The van der Waals surface area contributed by atoms with E-state index in [1.54, 1.807) is 7.11 Å². The lowest BCUT2D eigenvalue weighted by Crippen LogP contribution is -2.40. The zero-order valence-corrected chi connectivity index (χ0v) is 12.1. The third-order valence-electron chi connectivity index (χ3n) is 2.83. The third kappa shape index (κ3) is 7.09. The fraction of sp³-hybridized carbons (Fsp3) is 1.00. The zero-order chi connectivity index (χ0) is 11.7. The first kappa shape index (κ1) is 15.1. The molecule has 0 bridgehead atoms. The van der Waals surface area contributed by atoms with Crippen LogP contribution >= 0.6 is 0 Å². The van der Waals surface area contributed by atoms with Crippen molar-refractivity contribution in [2.24, 2.45) is 0 Å². The second-order valence-corrected chi connectivity index (χ2v) is 7.92. The fourth-order valence-corrected chi connectivity index (χ4v) is 4.07. The van der Waals surface area contributed by atoms with E-state index >= 15 is 0 Å². The summed E-state index contributed by atoms with van der Waals surface area (Å²) < 4.78 is 11.7. The Morgan fingerprint density at radius 1 is 1.13 bits per heavy atom. The molecule has 0 aliphatic heterocycles. The molecule has 0 aromatic heterocycles. The number of rotatable bonds is 9. The van der Waals surface area contributed by atoms with Gasteiger partial charge in [0.2, 0.25) is 0 Å². The molecule has 92 valence electrons. The van der Waals surface area contributed by atoms with Gasteiger partial charge in [-0.15, -0.1) is 0 Å². The van der Waals surface area contributed by atoms with Crippen LogP contribution in [0.15, 0.2) is 0 Å². The molecule has 0 saturated carbocycles. The largest absolute Gasteiger partial charge is 0.398 e. The molecule has 0 heterocycles. The minimum absolute atomic E-state index is 0.360. The van der Waals surface area contributed by atoms with E-state index in [0.29, 0.717) is 6.10 Å². The van der Waals surface area contributed by atoms with Crippen LogP contribution in [0.5, 0.6) is 0 Å². The number of hydrogen-bond acceptors (Lipinski definition) is 2. The summed E-state index contributed by atoms with van der Waals surface area (Å²) in [6.07, 6.45) is 6.46. The Morgan fingerprint density at radius 3 is 2.20 bits per heavy atom. The standard InChI is InChI=1S/C12H28O2Si/c1-6-8-10-12(3)14-15(5,13-4)11-9-7-2/h12H,6-11H2,1-5H3. The normalized spacial score (nSPS) is 17.4. The summed E-state index contributed by atoms with van der Waals surface area (Å²) in [5.41, 5.74) is 0. The van der Waals surface area contributed by atoms with Gasteiger partial charge in [-0.2, -0.15) is 0 Å². The molecule has 0 radical (unpaired) electrons. The first-order chi connectivity index (χ1) is 7.08. The molecule has 0 fully saturated rings. The molecule has 0 N–H and O–H groups in total. The van der Waals surface area contributed by atoms with E-state index in [2.05, 4.69) is 27.3 Å². The molecule has 0 aromatic carbocycles. The topological polar surface area (TPSA) is 18.5 Å². The molecule has 0 saturated heterocycles. The first-order valence-electron chi connectivity index (χ1n) is 6.31. The van der Waals surface area contributed by atoms with Crippen molar-refractivity contribution in [2.45, 2.75) is 71.6 Å². The van der Waals surface area contributed by atoms with Gasteiger partial charge in [0.1, 0.15) is 0 Å². The minimum atomic E-state index is -1.86. The molecule has 0 spiro atoms. The molecule has 3 heteroatoms. The van der Waals surface area contributed by atoms with Crippen molar-refractivity contribution < 1.29 is 8.85 Å². The Labute approximate surface area is 96.6 Å². The Hall–Kier alpha value is 0.137. The van der Waals surface area contributed by atoms with Crippen LogP contribution in [0.3, 0.4) is 0 Å². The van der Waals surface area contributed by atoms with Gasteiger partial charge in [0, 0.05) is 13.2 Å². The molecule has 0 rings (SSSR count). The highest BCUT2D eigenvalue weighted by Crippen LogP contribution is 2.20. The van der Waals surface area contributed by atoms with Crippen molar-refractivity contribution in [2.75, 3.05) is 7.11 Å². The van der Waals surface area contributed by atoms with Crippen molar-refractivity contribution in [3.05, 3.63) is 0 Å². The van der Waals surface area contributed by atoms with Gasteiger partial charge in [0.05, 0.1) is 0 Å². The maximum Gasteiger partial charge on any atom is 0.334 e. The summed E-state index contributed by atoms with van der Waals surface area (Å²) in [6, 6.07) is 1.12. The van der Waals surface area contributed by atoms with Crippen LogP contribution in [0.4, 0.5) is 0 Å². The smallest absolute Gasteiger partial charge is 0.334 e. The molecular weight excluding hydrogens is 204 g/mol. The highest BCUT2D eigenvalue weighted by molar-refractivity contribution is 6.66. The van der Waals surface area contributed by atoms with E-state index in [-0.39, 0.29) is 0 Å². The van der Waals surface area contributed by atoms with Crippen LogP contribution in [0.2, 0.25) is 12.6 Å². The van der Waals surface area contributed by atoms with Gasteiger partial charge >= 0.3 is 8.56 Å². The predicted octanol–water partition coefficient (Wildman–Crippen LogP) is 4.10. The lowest BCUT2D eigenvalue weighted by molar-refractivity contribution is 0.136. The van der Waals surface area contributed by atoms with Gasteiger partial charge in [0.15, 0.2) is 0 Å². The Morgan fingerprint density at radius 2 is 1.73 bits per heavy atom. The first-order valence-corrected chi connectivity index (χ1v) is 8.83. The molecule has 0 aliphatic carbocycles. The lowest BCUT2D eigenvalue weighted by atomic mass is 10.2. The average Bonchev–Trinajstić information content (AvgIpc) is 2.23. The predicted molar refractivity (Wildman–Crippen MR) is 68.4 cm³/mol. The number of hydrogen-bond donors (Lipinski definition) is 0. The summed E-state index contributed by atoms with van der Waals surface area (Å²) in [5.74, 6) is 0. The molecule has 2 atom stereocenters. The van der Waals surface area contributed by atoms with E-state index in [9.17, 15) is 0 Å². The van der Waals surface area contributed by atoms with Crippen LogP contribution in [0, 0.1) is 0 Å². The summed E-state index contributed by atoms with van der Waals surface area (Å²) in [7, 11) is -0.0574. The van der Waals surface area contributed by atoms with Crippen molar-refractivity contribution in [1.82, 2.24) is 0 Å². The van der Waals surface area contributed by atoms with Gasteiger partial charge < -0.3 is 8.85 Å². The van der Waals surface area contributed by atoms with Gasteiger partial charge in [-0.1, -0.05) is 39.5 Å². The van der Waals surface area contributed by atoms with Crippen molar-refractivity contribution in [3.63, 3.8) is 0 Å². The van der Waals surface area contributed by atoms with Crippen molar-refractivity contribution in [3.8, 4) is 0 Å². The maximum atomic E-state index is 6.11. The van der Waals surface area contributed by atoms with Gasteiger partial charge in [-0.05, 0) is 25.9 Å². The minimum Gasteiger partial charge on any atom is -0.398 e. The summed E-state index contributed by atoms with van der Waals surface area (Å²) >= 11 is 0. The third-order valence-corrected chi connectivity index (χ3v) is 5.86. The molecule has 0 amide bonds. The van der Waals surface area contributed by atoms with Gasteiger partial charge in [-0.25, -0.2) is 0 Å². The van der Waals surface area contributed by atoms with Crippen LogP contribution in [0.1, 0.15) is 52.9 Å². The average molecular weight is 232 g/mol. The van der Waals surface area contributed by atoms with Gasteiger partial charge in [-0.3, -0.25) is 0 Å². The fourth-order valence-electron chi connectivity index (χ4n) is 1.68. The van der Waals surface area contributed by atoms with Gasteiger partial charge in [0.25, 0.3) is 0 Å². The molecule has 15 heavy (non-hydrogen) atoms. The zero-order valence-electron chi connectivity index (χ0n) is 11.1. The highest BCUT2D eigenvalue weighted by Gasteiger charge is 2.31. The van der Waals surface area contributed by atoms with Crippen molar-refractivity contribution in [1.29, 1.82) is 0 Å². The molecule has 2 unspecified atom stereocenters. The Kier molecular flexibility index (Phi) is 8.38. The SMILES string of the molecule is CCCCC(C)O[Si](C)(CCCC)OC. The van der Waals surface area contributed by atoms with E-state index in [1.807, 2.05) is 0 Å². The van der Waals surface area contributed by atoms with Crippen LogP contribution in [0.25, 0.3) is 0 Å². The monoisotopic (exact) mass is 232 g/mol.